The van der Waals surface area contributed by atoms with Crippen LogP contribution in [0.15, 0.2) is 24.0 Å². The van der Waals surface area contributed by atoms with Gasteiger partial charge in [-0.15, -0.1) is 0 Å². The van der Waals surface area contributed by atoms with Gasteiger partial charge in [0.25, 0.3) is 0 Å². The van der Waals surface area contributed by atoms with Gasteiger partial charge in [0.1, 0.15) is 6.29 Å². The van der Waals surface area contributed by atoms with E-state index in [9.17, 15) is 9.59 Å². The minimum absolute atomic E-state index is 0.268. The summed E-state index contributed by atoms with van der Waals surface area (Å²) in [7, 11) is 0. The molecule has 0 unspecified atom stereocenters. The summed E-state index contributed by atoms with van der Waals surface area (Å²) in [4.78, 5) is 20.2. The molecule has 0 amide bonds. The van der Waals surface area contributed by atoms with Gasteiger partial charge in [-0.05, 0) is 11.6 Å². The first-order chi connectivity index (χ1) is 4.83. The Balaban J connectivity index is 2.51. The highest BCUT2D eigenvalue weighted by molar-refractivity contribution is 5.77. The molecule has 1 rings (SSSR count). The molecule has 0 aromatic rings. The van der Waals surface area contributed by atoms with Crippen LogP contribution in [-0.2, 0) is 14.3 Å². The second-order valence-corrected chi connectivity index (χ2v) is 1.85. The van der Waals surface area contributed by atoms with Gasteiger partial charge in [0.05, 0.1) is 12.7 Å². The summed E-state index contributed by atoms with van der Waals surface area (Å²) < 4.78 is 4.49. The first kappa shape index (κ1) is 6.74. The van der Waals surface area contributed by atoms with E-state index in [-0.39, 0.29) is 12.4 Å². The fraction of sp³-hybridized carbons (Fsp3) is 0.143. The van der Waals surface area contributed by atoms with E-state index in [4.69, 9.17) is 0 Å². The van der Waals surface area contributed by atoms with Gasteiger partial charge in [-0.2, -0.15) is 0 Å². The first-order valence-corrected chi connectivity index (χ1v) is 2.83. The smallest absolute Gasteiger partial charge is 0.315 e. The SMILES string of the molecule is O=C/C=C/C1=COC(=O)C1. The van der Waals surface area contributed by atoms with Gasteiger partial charge in [-0.25, -0.2) is 0 Å². The largest absolute Gasteiger partial charge is 0.434 e. The van der Waals surface area contributed by atoms with Gasteiger partial charge in [0.15, 0.2) is 0 Å². The van der Waals surface area contributed by atoms with Crippen LogP contribution in [0.25, 0.3) is 0 Å². The van der Waals surface area contributed by atoms with E-state index in [0.717, 1.165) is 5.57 Å². The van der Waals surface area contributed by atoms with E-state index in [1.165, 1.54) is 12.3 Å². The zero-order valence-electron chi connectivity index (χ0n) is 5.24. The Labute approximate surface area is 58.0 Å². The summed E-state index contributed by atoms with van der Waals surface area (Å²) in [6.45, 7) is 0. The fourth-order valence-corrected chi connectivity index (χ4v) is 0.653. The van der Waals surface area contributed by atoms with Crippen LogP contribution in [0.1, 0.15) is 6.42 Å². The van der Waals surface area contributed by atoms with Crippen LogP contribution in [0.5, 0.6) is 0 Å². The fourth-order valence-electron chi connectivity index (χ4n) is 0.653. The van der Waals surface area contributed by atoms with Gasteiger partial charge in [0, 0.05) is 0 Å². The highest BCUT2D eigenvalue weighted by Crippen LogP contribution is 2.11. The van der Waals surface area contributed by atoms with Gasteiger partial charge in [0.2, 0.25) is 0 Å². The molecule has 1 heterocycles. The number of hydrogen-bond donors (Lipinski definition) is 0. The second kappa shape index (κ2) is 2.96. The minimum atomic E-state index is -0.273. The van der Waals surface area contributed by atoms with Crippen molar-refractivity contribution in [2.24, 2.45) is 0 Å². The lowest BCUT2D eigenvalue weighted by molar-refractivity contribution is -0.135. The lowest BCUT2D eigenvalue weighted by Gasteiger charge is -1.81. The lowest BCUT2D eigenvalue weighted by Crippen LogP contribution is -1.89. The standard InChI is InChI=1S/C7H6O3/c8-3-1-2-6-4-7(9)10-5-6/h1-3,5H,4H2/b2-1+. The molecule has 0 saturated carbocycles. The molecule has 0 aliphatic carbocycles. The third-order valence-electron chi connectivity index (χ3n) is 1.08. The van der Waals surface area contributed by atoms with E-state index < -0.39 is 0 Å². The quantitative estimate of drug-likeness (QED) is 0.318. The molecule has 1 aliphatic heterocycles. The van der Waals surface area contributed by atoms with Crippen molar-refractivity contribution in [3.8, 4) is 0 Å². The van der Waals surface area contributed by atoms with Crippen molar-refractivity contribution in [1.29, 1.82) is 0 Å². The van der Waals surface area contributed by atoms with Crippen LogP contribution < -0.4 is 0 Å². The van der Waals surface area contributed by atoms with Gasteiger partial charge in [-0.3, -0.25) is 9.59 Å². The Morgan fingerprint density at radius 1 is 1.60 bits per heavy atom. The molecule has 0 spiro atoms. The molecular formula is C7H6O3. The van der Waals surface area contributed by atoms with Crippen molar-refractivity contribution >= 4 is 12.3 Å². The Kier molecular flexibility index (Phi) is 1.99. The number of hydrogen-bond acceptors (Lipinski definition) is 3. The number of cyclic esters (lactones) is 1. The van der Waals surface area contributed by atoms with Crippen molar-refractivity contribution in [1.82, 2.24) is 0 Å². The molecule has 0 radical (unpaired) electrons. The normalized spacial score (nSPS) is 17.2. The monoisotopic (exact) mass is 138 g/mol. The number of rotatable bonds is 2. The average Bonchev–Trinajstić information content (AvgIpc) is 2.31. The minimum Gasteiger partial charge on any atom is -0.434 e. The predicted octanol–water partition coefficient (Wildman–Crippen LogP) is 0.572. The van der Waals surface area contributed by atoms with Crippen molar-refractivity contribution < 1.29 is 14.3 Å². The summed E-state index contributed by atoms with van der Waals surface area (Å²) >= 11 is 0. The van der Waals surface area contributed by atoms with Crippen LogP contribution in [0.2, 0.25) is 0 Å². The Hall–Kier alpha value is -1.38. The van der Waals surface area contributed by atoms with Crippen molar-refractivity contribution in [3.05, 3.63) is 24.0 Å². The summed E-state index contributed by atoms with van der Waals surface area (Å²) in [6.07, 6.45) is 5.15. The lowest BCUT2D eigenvalue weighted by atomic mass is 10.2. The maximum Gasteiger partial charge on any atom is 0.315 e. The second-order valence-electron chi connectivity index (χ2n) is 1.85. The molecule has 0 fully saturated rings. The van der Waals surface area contributed by atoms with E-state index >= 15 is 0 Å². The van der Waals surface area contributed by atoms with Crippen LogP contribution in [0.3, 0.4) is 0 Å². The summed E-state index contributed by atoms with van der Waals surface area (Å²) in [5.74, 6) is -0.273. The molecule has 0 aromatic carbocycles. The maximum atomic E-state index is 10.4. The highest BCUT2D eigenvalue weighted by Gasteiger charge is 2.11. The molecule has 0 saturated heterocycles. The topological polar surface area (TPSA) is 43.4 Å². The van der Waals surface area contributed by atoms with E-state index in [1.54, 1.807) is 6.08 Å². The van der Waals surface area contributed by atoms with Crippen molar-refractivity contribution in [2.75, 3.05) is 0 Å². The van der Waals surface area contributed by atoms with Gasteiger partial charge >= 0.3 is 5.97 Å². The van der Waals surface area contributed by atoms with Crippen LogP contribution in [-0.4, -0.2) is 12.3 Å². The van der Waals surface area contributed by atoms with Crippen LogP contribution in [0, 0.1) is 0 Å². The molecule has 1 aliphatic rings. The van der Waals surface area contributed by atoms with E-state index in [1.807, 2.05) is 0 Å². The average molecular weight is 138 g/mol. The molecule has 0 atom stereocenters. The Morgan fingerprint density at radius 2 is 2.40 bits per heavy atom. The molecule has 0 aromatic heterocycles. The Bertz CT molecular complexity index is 210. The van der Waals surface area contributed by atoms with Crippen LogP contribution in [0.4, 0.5) is 0 Å². The Morgan fingerprint density at radius 3 is 2.90 bits per heavy atom. The van der Waals surface area contributed by atoms with E-state index in [2.05, 4.69) is 4.74 Å². The summed E-state index contributed by atoms with van der Waals surface area (Å²) in [6, 6.07) is 0. The van der Waals surface area contributed by atoms with Crippen LogP contribution >= 0.6 is 0 Å². The van der Waals surface area contributed by atoms with E-state index in [0.29, 0.717) is 6.29 Å². The van der Waals surface area contributed by atoms with Gasteiger partial charge in [-0.1, -0.05) is 6.08 Å². The number of carbonyl (C=O) groups is 2. The maximum absolute atomic E-state index is 10.4. The molecule has 0 N–H and O–H groups in total. The number of carbonyl (C=O) groups excluding carboxylic acids is 2. The number of esters is 1. The first-order valence-electron chi connectivity index (χ1n) is 2.83. The molecular weight excluding hydrogens is 132 g/mol. The van der Waals surface area contributed by atoms with Crippen molar-refractivity contribution in [3.63, 3.8) is 0 Å². The third-order valence-corrected chi connectivity index (χ3v) is 1.08. The van der Waals surface area contributed by atoms with Gasteiger partial charge < -0.3 is 4.74 Å². The molecule has 3 nitrogen and oxygen atoms in total. The zero-order valence-corrected chi connectivity index (χ0v) is 5.24. The molecule has 52 valence electrons. The molecule has 10 heavy (non-hydrogen) atoms. The number of aldehydes is 1. The third kappa shape index (κ3) is 1.55. The van der Waals surface area contributed by atoms with Crippen molar-refractivity contribution in [2.45, 2.75) is 6.42 Å². The summed E-state index contributed by atoms with van der Waals surface area (Å²) in [5.41, 5.74) is 0.733. The summed E-state index contributed by atoms with van der Waals surface area (Å²) in [5, 5.41) is 0. The number of ether oxygens (including phenoxy) is 1. The number of allylic oxidation sites excluding steroid dienone is 2. The zero-order chi connectivity index (χ0) is 7.40. The predicted molar refractivity (Wildman–Crippen MR) is 34.0 cm³/mol. The highest BCUT2D eigenvalue weighted by atomic mass is 16.5. The molecule has 0 bridgehead atoms. The molecule has 3 heteroatoms.